The highest BCUT2D eigenvalue weighted by Gasteiger charge is 2.30. The summed E-state index contributed by atoms with van der Waals surface area (Å²) in [6.07, 6.45) is 0.781. The zero-order valence-corrected chi connectivity index (χ0v) is 15.9. The summed E-state index contributed by atoms with van der Waals surface area (Å²) in [7, 11) is 1.66. The molecule has 0 spiro atoms. The molecule has 27 heavy (non-hydrogen) atoms. The lowest BCUT2D eigenvalue weighted by atomic mass is 10.1. The number of carbonyl (C=O) groups is 1. The van der Waals surface area contributed by atoms with Crippen LogP contribution in [0.4, 0.5) is 0 Å². The van der Waals surface area contributed by atoms with Crippen LogP contribution in [0.1, 0.15) is 18.3 Å². The molecule has 0 bridgehead atoms. The van der Waals surface area contributed by atoms with Crippen LogP contribution in [0.3, 0.4) is 0 Å². The van der Waals surface area contributed by atoms with Gasteiger partial charge in [0.2, 0.25) is 5.91 Å². The number of hydrogen-bond acceptors (Lipinski definition) is 5. The van der Waals surface area contributed by atoms with E-state index in [4.69, 9.17) is 14.5 Å². The zero-order chi connectivity index (χ0) is 18.8. The Kier molecular flexibility index (Phi) is 5.13. The summed E-state index contributed by atoms with van der Waals surface area (Å²) in [6.45, 7) is 6.34. The van der Waals surface area contributed by atoms with Gasteiger partial charge in [0.05, 0.1) is 44.3 Å². The Morgan fingerprint density at radius 2 is 1.96 bits per heavy atom. The summed E-state index contributed by atoms with van der Waals surface area (Å²) in [5.74, 6) is 1.85. The molecular weight excluding hydrogens is 344 g/mol. The number of aromatic nitrogens is 2. The van der Waals surface area contributed by atoms with Crippen molar-refractivity contribution in [2.75, 3.05) is 40.0 Å². The van der Waals surface area contributed by atoms with E-state index in [1.807, 2.05) is 36.1 Å². The highest BCUT2D eigenvalue weighted by Crippen LogP contribution is 2.25. The van der Waals surface area contributed by atoms with E-state index in [9.17, 15) is 4.79 Å². The molecule has 7 heteroatoms. The van der Waals surface area contributed by atoms with Gasteiger partial charge in [0, 0.05) is 31.6 Å². The predicted octanol–water partition coefficient (Wildman–Crippen LogP) is 1.69. The maximum atomic E-state index is 12.9. The maximum absolute atomic E-state index is 12.9. The minimum Gasteiger partial charge on any atom is -0.497 e. The molecule has 3 heterocycles. The molecule has 0 aliphatic carbocycles. The van der Waals surface area contributed by atoms with Crippen molar-refractivity contribution in [1.82, 2.24) is 19.8 Å². The Bertz CT molecular complexity index is 796. The van der Waals surface area contributed by atoms with E-state index in [-0.39, 0.29) is 11.9 Å². The van der Waals surface area contributed by atoms with Gasteiger partial charge in [-0.1, -0.05) is 0 Å². The van der Waals surface area contributed by atoms with E-state index in [2.05, 4.69) is 9.88 Å². The molecule has 1 aromatic heterocycles. The number of fused-ring (bicyclic) bond motifs is 1. The van der Waals surface area contributed by atoms with Crippen molar-refractivity contribution in [3.8, 4) is 17.1 Å². The Hall–Kier alpha value is -2.38. The third-order valence-electron chi connectivity index (χ3n) is 5.46. The monoisotopic (exact) mass is 370 g/mol. The zero-order valence-electron chi connectivity index (χ0n) is 15.9. The second-order valence-corrected chi connectivity index (χ2v) is 7.07. The SMILES string of the molecule is COc1ccc(-c2nc3c([nH]2)CN(C(=O)C(C)N2CCOCC2)CC3)cc1. The molecule has 4 rings (SSSR count). The topological polar surface area (TPSA) is 70.7 Å². The van der Waals surface area contributed by atoms with Crippen LogP contribution < -0.4 is 4.74 Å². The first-order chi connectivity index (χ1) is 13.2. The van der Waals surface area contributed by atoms with Crippen molar-refractivity contribution in [2.45, 2.75) is 25.9 Å². The van der Waals surface area contributed by atoms with E-state index < -0.39 is 0 Å². The summed E-state index contributed by atoms with van der Waals surface area (Å²) < 4.78 is 10.6. The number of ether oxygens (including phenoxy) is 2. The molecular formula is C20H26N4O3. The molecule has 0 radical (unpaired) electrons. The third-order valence-corrected chi connectivity index (χ3v) is 5.46. The molecule has 1 unspecified atom stereocenters. The number of rotatable bonds is 4. The molecule has 1 fully saturated rings. The van der Waals surface area contributed by atoms with Crippen molar-refractivity contribution >= 4 is 5.91 Å². The number of aromatic amines is 1. The normalized spacial score (nSPS) is 18.8. The second-order valence-electron chi connectivity index (χ2n) is 7.07. The first kappa shape index (κ1) is 18.0. The number of imidazole rings is 1. The number of carbonyl (C=O) groups excluding carboxylic acids is 1. The van der Waals surface area contributed by atoms with E-state index in [0.717, 1.165) is 48.0 Å². The molecule has 0 saturated carbocycles. The summed E-state index contributed by atoms with van der Waals surface area (Å²) in [4.78, 5) is 25.3. The van der Waals surface area contributed by atoms with Crippen LogP contribution in [-0.4, -0.2) is 71.7 Å². The van der Waals surface area contributed by atoms with E-state index in [1.54, 1.807) is 7.11 Å². The van der Waals surface area contributed by atoms with Crippen LogP contribution in [-0.2, 0) is 22.5 Å². The van der Waals surface area contributed by atoms with Crippen LogP contribution in [0.2, 0.25) is 0 Å². The summed E-state index contributed by atoms with van der Waals surface area (Å²) in [5, 5.41) is 0. The highest BCUT2D eigenvalue weighted by atomic mass is 16.5. The quantitative estimate of drug-likeness (QED) is 0.887. The fourth-order valence-electron chi connectivity index (χ4n) is 3.75. The van der Waals surface area contributed by atoms with Gasteiger partial charge in [0.25, 0.3) is 0 Å². The number of morpholine rings is 1. The van der Waals surface area contributed by atoms with Gasteiger partial charge in [0.1, 0.15) is 11.6 Å². The van der Waals surface area contributed by atoms with E-state index >= 15 is 0 Å². The lowest BCUT2D eigenvalue weighted by molar-refractivity contribution is -0.139. The van der Waals surface area contributed by atoms with Crippen LogP contribution in [0.5, 0.6) is 5.75 Å². The number of nitrogens with one attached hydrogen (secondary N) is 1. The fourth-order valence-corrected chi connectivity index (χ4v) is 3.75. The molecule has 1 aromatic carbocycles. The Morgan fingerprint density at radius 1 is 1.22 bits per heavy atom. The molecule has 1 saturated heterocycles. The lowest BCUT2D eigenvalue weighted by Gasteiger charge is -2.35. The minimum atomic E-state index is -0.112. The molecule has 7 nitrogen and oxygen atoms in total. The first-order valence-electron chi connectivity index (χ1n) is 9.48. The van der Waals surface area contributed by atoms with Crippen LogP contribution in [0.15, 0.2) is 24.3 Å². The van der Waals surface area contributed by atoms with Crippen molar-refractivity contribution in [1.29, 1.82) is 0 Å². The number of methoxy groups -OCH3 is 1. The van der Waals surface area contributed by atoms with Crippen molar-refractivity contribution in [2.24, 2.45) is 0 Å². The van der Waals surface area contributed by atoms with Gasteiger partial charge < -0.3 is 19.4 Å². The number of benzene rings is 1. The molecule has 144 valence electrons. The predicted molar refractivity (Wildman–Crippen MR) is 102 cm³/mol. The molecule has 2 aliphatic heterocycles. The average Bonchev–Trinajstić information content (AvgIpc) is 3.16. The van der Waals surface area contributed by atoms with Gasteiger partial charge in [-0.05, 0) is 31.2 Å². The molecule has 1 N–H and O–H groups in total. The Balaban J connectivity index is 1.46. The van der Waals surface area contributed by atoms with Gasteiger partial charge in [0.15, 0.2) is 0 Å². The number of nitrogens with zero attached hydrogens (tertiary/aromatic N) is 3. The lowest BCUT2D eigenvalue weighted by Crippen LogP contribution is -2.51. The maximum Gasteiger partial charge on any atom is 0.240 e. The van der Waals surface area contributed by atoms with Gasteiger partial charge in [-0.25, -0.2) is 4.98 Å². The van der Waals surface area contributed by atoms with Gasteiger partial charge in [-0.15, -0.1) is 0 Å². The second kappa shape index (κ2) is 7.70. The third kappa shape index (κ3) is 3.70. The van der Waals surface area contributed by atoms with Crippen molar-refractivity contribution in [3.05, 3.63) is 35.7 Å². The highest BCUT2D eigenvalue weighted by molar-refractivity contribution is 5.81. The Morgan fingerprint density at radius 3 is 2.67 bits per heavy atom. The fraction of sp³-hybridized carbons (Fsp3) is 0.500. The number of H-pyrrole nitrogens is 1. The summed E-state index contributed by atoms with van der Waals surface area (Å²) in [6, 6.07) is 7.73. The average molecular weight is 370 g/mol. The minimum absolute atomic E-state index is 0.112. The smallest absolute Gasteiger partial charge is 0.240 e. The first-order valence-corrected chi connectivity index (χ1v) is 9.48. The van der Waals surface area contributed by atoms with Gasteiger partial charge >= 0.3 is 0 Å². The van der Waals surface area contributed by atoms with Crippen LogP contribution in [0, 0.1) is 0 Å². The largest absolute Gasteiger partial charge is 0.497 e. The summed E-state index contributed by atoms with van der Waals surface area (Å²) in [5.41, 5.74) is 3.11. The summed E-state index contributed by atoms with van der Waals surface area (Å²) >= 11 is 0. The molecule has 1 amide bonds. The van der Waals surface area contributed by atoms with E-state index in [1.165, 1.54) is 0 Å². The Labute approximate surface area is 159 Å². The van der Waals surface area contributed by atoms with Crippen LogP contribution >= 0.6 is 0 Å². The number of hydrogen-bond donors (Lipinski definition) is 1. The molecule has 2 aliphatic rings. The van der Waals surface area contributed by atoms with Gasteiger partial charge in [-0.2, -0.15) is 0 Å². The van der Waals surface area contributed by atoms with E-state index in [0.29, 0.717) is 26.3 Å². The van der Waals surface area contributed by atoms with Crippen molar-refractivity contribution in [3.63, 3.8) is 0 Å². The standard InChI is InChI=1S/C20H26N4O3/c1-14(23-9-11-27-12-10-23)20(25)24-8-7-17-18(13-24)22-19(21-17)15-3-5-16(26-2)6-4-15/h3-6,14H,7-13H2,1-2H3,(H,21,22). The van der Waals surface area contributed by atoms with Gasteiger partial charge in [-0.3, -0.25) is 9.69 Å². The van der Waals surface area contributed by atoms with Crippen molar-refractivity contribution < 1.29 is 14.3 Å². The molecule has 2 aromatic rings. The van der Waals surface area contributed by atoms with Crippen LogP contribution in [0.25, 0.3) is 11.4 Å². The molecule has 1 atom stereocenters. The number of amides is 1.